The van der Waals surface area contributed by atoms with Gasteiger partial charge in [-0.2, -0.15) is 5.10 Å². The van der Waals surface area contributed by atoms with Crippen LogP contribution in [0.3, 0.4) is 0 Å². The van der Waals surface area contributed by atoms with Gasteiger partial charge in [0.05, 0.1) is 19.3 Å². The molecule has 2 rings (SSSR count). The van der Waals surface area contributed by atoms with Crippen molar-refractivity contribution in [2.45, 2.75) is 13.5 Å². The second kappa shape index (κ2) is 5.35. The van der Waals surface area contributed by atoms with Gasteiger partial charge in [-0.15, -0.1) is 0 Å². The van der Waals surface area contributed by atoms with Gasteiger partial charge in [0.15, 0.2) is 0 Å². The molecule has 0 bridgehead atoms. The van der Waals surface area contributed by atoms with Gasteiger partial charge in [0, 0.05) is 10.5 Å². The lowest BCUT2D eigenvalue weighted by Gasteiger charge is -2.09. The third kappa shape index (κ3) is 2.79. The van der Waals surface area contributed by atoms with E-state index in [9.17, 15) is 4.79 Å². The van der Waals surface area contributed by atoms with Gasteiger partial charge in [-0.1, -0.05) is 15.9 Å². The van der Waals surface area contributed by atoms with Crippen molar-refractivity contribution in [2.24, 2.45) is 0 Å². The number of ether oxygens (including phenoxy) is 1. The van der Waals surface area contributed by atoms with E-state index in [-0.39, 0.29) is 5.56 Å². The molecule has 1 heterocycles. The zero-order valence-corrected chi connectivity index (χ0v) is 11.8. The fraction of sp³-hybridized carbons (Fsp3) is 0.231. The van der Waals surface area contributed by atoms with Crippen molar-refractivity contribution in [1.82, 2.24) is 9.78 Å². The normalized spacial score (nSPS) is 10.4. The smallest absolute Gasteiger partial charge is 0.267 e. The number of methoxy groups -OCH3 is 1. The number of nitrogens with zero attached hydrogens (tertiary/aromatic N) is 2. The molecule has 0 spiro atoms. The molecule has 0 amide bonds. The van der Waals surface area contributed by atoms with Gasteiger partial charge in [-0.25, -0.2) is 4.68 Å². The molecule has 0 atom stereocenters. The molecule has 5 heteroatoms. The summed E-state index contributed by atoms with van der Waals surface area (Å²) in [5.74, 6) is 0.758. The van der Waals surface area contributed by atoms with E-state index in [4.69, 9.17) is 4.74 Å². The molecule has 4 nitrogen and oxygen atoms in total. The van der Waals surface area contributed by atoms with Gasteiger partial charge in [-0.3, -0.25) is 4.79 Å². The van der Waals surface area contributed by atoms with E-state index in [0.717, 1.165) is 21.5 Å². The highest BCUT2D eigenvalue weighted by molar-refractivity contribution is 9.10. The van der Waals surface area contributed by atoms with E-state index in [2.05, 4.69) is 21.0 Å². The number of halogens is 1. The summed E-state index contributed by atoms with van der Waals surface area (Å²) >= 11 is 3.46. The summed E-state index contributed by atoms with van der Waals surface area (Å²) in [4.78, 5) is 11.7. The maximum atomic E-state index is 11.7. The first-order valence-corrected chi connectivity index (χ1v) is 6.26. The number of rotatable bonds is 3. The molecule has 94 valence electrons. The fourth-order valence-corrected chi connectivity index (χ4v) is 2.00. The first-order chi connectivity index (χ1) is 8.60. The van der Waals surface area contributed by atoms with Gasteiger partial charge in [0.1, 0.15) is 5.75 Å². The zero-order chi connectivity index (χ0) is 13.1. The van der Waals surface area contributed by atoms with Gasteiger partial charge in [0.25, 0.3) is 5.56 Å². The van der Waals surface area contributed by atoms with Crippen molar-refractivity contribution in [2.75, 3.05) is 7.11 Å². The predicted octanol–water partition coefficient (Wildman–Crippen LogP) is 2.37. The van der Waals surface area contributed by atoms with E-state index in [1.54, 1.807) is 13.2 Å². The summed E-state index contributed by atoms with van der Waals surface area (Å²) in [5.41, 5.74) is 1.65. The Balaban J connectivity index is 2.39. The average Bonchev–Trinajstić information content (AvgIpc) is 2.36. The number of hydrogen-bond donors (Lipinski definition) is 0. The molecule has 0 fully saturated rings. The number of hydrogen-bond acceptors (Lipinski definition) is 3. The minimum absolute atomic E-state index is 0.115. The van der Waals surface area contributed by atoms with E-state index in [0.29, 0.717) is 6.54 Å². The molecule has 1 aromatic carbocycles. The summed E-state index contributed by atoms with van der Waals surface area (Å²) in [7, 11) is 1.62. The van der Waals surface area contributed by atoms with Crippen molar-refractivity contribution < 1.29 is 4.74 Å². The minimum Gasteiger partial charge on any atom is -0.497 e. The van der Waals surface area contributed by atoms with Crippen molar-refractivity contribution in [1.29, 1.82) is 0 Å². The van der Waals surface area contributed by atoms with Gasteiger partial charge < -0.3 is 4.74 Å². The molecule has 0 saturated carbocycles. The van der Waals surface area contributed by atoms with Crippen LogP contribution in [0.1, 0.15) is 11.3 Å². The first-order valence-electron chi connectivity index (χ1n) is 5.47. The van der Waals surface area contributed by atoms with Crippen LogP contribution in [0.4, 0.5) is 0 Å². The number of aromatic nitrogens is 2. The van der Waals surface area contributed by atoms with Gasteiger partial charge in [-0.05, 0) is 36.8 Å². The highest BCUT2D eigenvalue weighted by Crippen LogP contribution is 2.22. The Bertz CT molecular complexity index is 623. The van der Waals surface area contributed by atoms with E-state index >= 15 is 0 Å². The summed E-state index contributed by atoms with van der Waals surface area (Å²) in [6.45, 7) is 2.27. The van der Waals surface area contributed by atoms with Crippen LogP contribution in [0.2, 0.25) is 0 Å². The summed E-state index contributed by atoms with van der Waals surface area (Å²) in [6, 6.07) is 8.88. The Kier molecular flexibility index (Phi) is 3.81. The second-order valence-electron chi connectivity index (χ2n) is 3.93. The number of aryl methyl sites for hydroxylation is 1. The Morgan fingerprint density at radius 3 is 2.83 bits per heavy atom. The van der Waals surface area contributed by atoms with Gasteiger partial charge >= 0.3 is 0 Å². The lowest BCUT2D eigenvalue weighted by molar-refractivity contribution is 0.414. The van der Waals surface area contributed by atoms with Crippen LogP contribution in [0.5, 0.6) is 5.75 Å². The fourth-order valence-electron chi connectivity index (χ4n) is 1.62. The molecule has 0 unspecified atom stereocenters. The highest BCUT2D eigenvalue weighted by Gasteiger charge is 2.05. The van der Waals surface area contributed by atoms with Crippen LogP contribution in [0.25, 0.3) is 0 Å². The summed E-state index contributed by atoms with van der Waals surface area (Å²) < 4.78 is 7.54. The summed E-state index contributed by atoms with van der Waals surface area (Å²) in [6.07, 6.45) is 0. The van der Waals surface area contributed by atoms with Crippen LogP contribution in [-0.2, 0) is 6.54 Å². The maximum absolute atomic E-state index is 11.7. The van der Waals surface area contributed by atoms with Crippen LogP contribution >= 0.6 is 15.9 Å². The second-order valence-corrected chi connectivity index (χ2v) is 4.78. The predicted molar refractivity (Wildman–Crippen MR) is 73.0 cm³/mol. The molecule has 0 aliphatic heterocycles. The number of benzene rings is 1. The third-order valence-electron chi connectivity index (χ3n) is 2.57. The zero-order valence-electron chi connectivity index (χ0n) is 10.2. The molecule has 0 aliphatic rings. The Hall–Kier alpha value is -1.62. The monoisotopic (exact) mass is 308 g/mol. The van der Waals surface area contributed by atoms with Gasteiger partial charge in [0.2, 0.25) is 0 Å². The standard InChI is InChI=1S/C13H13BrN2O2/c1-9-3-6-13(17)16(15-9)8-10-7-11(18-2)4-5-12(10)14/h3-7H,8H2,1-2H3. The van der Waals surface area contributed by atoms with Crippen molar-refractivity contribution >= 4 is 15.9 Å². The van der Waals surface area contributed by atoms with Crippen LogP contribution in [0.15, 0.2) is 39.6 Å². The molecule has 0 N–H and O–H groups in total. The molecule has 18 heavy (non-hydrogen) atoms. The van der Waals surface area contributed by atoms with Crippen LogP contribution < -0.4 is 10.3 Å². The van der Waals surface area contributed by atoms with Crippen molar-refractivity contribution in [3.05, 3.63) is 56.4 Å². The average molecular weight is 309 g/mol. The van der Waals surface area contributed by atoms with Crippen molar-refractivity contribution in [3.8, 4) is 5.75 Å². The molecule has 0 aliphatic carbocycles. The lowest BCUT2D eigenvalue weighted by atomic mass is 10.2. The quantitative estimate of drug-likeness (QED) is 0.874. The van der Waals surface area contributed by atoms with Crippen molar-refractivity contribution in [3.63, 3.8) is 0 Å². The highest BCUT2D eigenvalue weighted by atomic mass is 79.9. The molecule has 0 saturated heterocycles. The van der Waals surface area contributed by atoms with E-state index < -0.39 is 0 Å². The molecule has 1 aromatic heterocycles. The Labute approximate surface area is 113 Å². The molecular formula is C13H13BrN2O2. The third-order valence-corrected chi connectivity index (χ3v) is 3.35. The summed E-state index contributed by atoms with van der Waals surface area (Å²) in [5, 5.41) is 4.21. The van der Waals surface area contributed by atoms with Crippen LogP contribution in [-0.4, -0.2) is 16.9 Å². The SMILES string of the molecule is COc1ccc(Br)c(Cn2nc(C)ccc2=O)c1. The molecular weight excluding hydrogens is 296 g/mol. The Morgan fingerprint density at radius 2 is 2.11 bits per heavy atom. The molecule has 0 radical (unpaired) electrons. The first kappa shape index (κ1) is 12.8. The molecule has 2 aromatic rings. The topological polar surface area (TPSA) is 44.1 Å². The minimum atomic E-state index is -0.115. The van der Waals surface area contributed by atoms with Crippen LogP contribution in [0, 0.1) is 6.92 Å². The van der Waals surface area contributed by atoms with E-state index in [1.165, 1.54) is 10.7 Å². The largest absolute Gasteiger partial charge is 0.497 e. The Morgan fingerprint density at radius 1 is 1.33 bits per heavy atom. The van der Waals surface area contributed by atoms with E-state index in [1.807, 2.05) is 25.1 Å². The maximum Gasteiger partial charge on any atom is 0.267 e. The lowest BCUT2D eigenvalue weighted by Crippen LogP contribution is -2.23.